The summed E-state index contributed by atoms with van der Waals surface area (Å²) in [6, 6.07) is 6.25. The Labute approximate surface area is 117 Å². The molecule has 0 unspecified atom stereocenters. The second-order valence-electron chi connectivity index (χ2n) is 5.81. The molecule has 1 aromatic carbocycles. The Kier molecular flexibility index (Phi) is 3.90. The van der Waals surface area contributed by atoms with E-state index in [9.17, 15) is 4.55 Å². The molecular formula is C14H21N3OS. The third-order valence-electron chi connectivity index (χ3n) is 3.11. The zero-order valence-electron chi connectivity index (χ0n) is 12.1. The number of nitrogens with zero attached hydrogens (tertiary/aromatic N) is 2. The summed E-state index contributed by atoms with van der Waals surface area (Å²) < 4.78 is 16.8. The Hall–Kier alpha value is -1.04. The van der Waals surface area contributed by atoms with E-state index in [4.69, 9.17) is 0 Å². The van der Waals surface area contributed by atoms with E-state index in [0.29, 0.717) is 0 Å². The predicted molar refractivity (Wildman–Crippen MR) is 80.2 cm³/mol. The standard InChI is InChI=1S/C14H21N3OS/c1-10(16-19(18)14(2,3)4)11-6-7-13-12(8-11)9-15-17(13)5/h6-10,16H,1-5H3/t10-,19+/m0/s1. The van der Waals surface area contributed by atoms with Crippen LogP contribution >= 0.6 is 0 Å². The number of aromatic nitrogens is 2. The van der Waals surface area contributed by atoms with Crippen LogP contribution in [0, 0.1) is 0 Å². The van der Waals surface area contributed by atoms with E-state index in [-0.39, 0.29) is 10.8 Å². The molecule has 1 N–H and O–H groups in total. The number of hydrogen-bond donors (Lipinski definition) is 1. The summed E-state index contributed by atoms with van der Waals surface area (Å²) in [7, 11) is 1.93. The van der Waals surface area contributed by atoms with Gasteiger partial charge in [-0.1, -0.05) is 6.07 Å². The Morgan fingerprint density at radius 1 is 1.37 bits per heavy atom. The molecule has 0 fully saturated rings. The van der Waals surface area contributed by atoms with Gasteiger partial charge in [0.15, 0.2) is 0 Å². The van der Waals surface area contributed by atoms with Gasteiger partial charge in [-0.25, -0.2) is 0 Å². The van der Waals surface area contributed by atoms with E-state index < -0.39 is 11.4 Å². The minimum absolute atomic E-state index is 0.0460. The molecule has 2 aromatic rings. The van der Waals surface area contributed by atoms with Crippen molar-refractivity contribution in [2.24, 2.45) is 7.05 Å². The first kappa shape index (κ1) is 14.4. The number of fused-ring (bicyclic) bond motifs is 1. The maximum Gasteiger partial charge on any atom is 0.136 e. The fraction of sp³-hybridized carbons (Fsp3) is 0.500. The molecule has 0 amide bonds. The van der Waals surface area contributed by atoms with Gasteiger partial charge in [0.05, 0.1) is 17.8 Å². The minimum atomic E-state index is -1.07. The number of hydrogen-bond acceptors (Lipinski definition) is 3. The monoisotopic (exact) mass is 279 g/mol. The molecule has 104 valence electrons. The van der Waals surface area contributed by atoms with Crippen molar-refractivity contribution in [1.29, 1.82) is 0 Å². The molecule has 4 nitrogen and oxygen atoms in total. The highest BCUT2D eigenvalue weighted by Gasteiger charge is 2.28. The first-order valence-electron chi connectivity index (χ1n) is 6.39. The molecule has 0 aliphatic carbocycles. The van der Waals surface area contributed by atoms with Gasteiger partial charge >= 0.3 is 0 Å². The van der Waals surface area contributed by atoms with E-state index in [1.807, 2.05) is 45.6 Å². The SMILES string of the molecule is C[C@H](N[S@+]([O-])C(C)(C)C)c1ccc2c(cnn2C)c1. The Morgan fingerprint density at radius 2 is 2.05 bits per heavy atom. The molecule has 0 saturated carbocycles. The van der Waals surface area contributed by atoms with E-state index in [1.54, 1.807) is 0 Å². The van der Waals surface area contributed by atoms with Crippen LogP contribution in [0.1, 0.15) is 39.3 Å². The van der Waals surface area contributed by atoms with Crippen molar-refractivity contribution >= 4 is 22.3 Å². The van der Waals surface area contributed by atoms with Crippen LogP contribution in [-0.4, -0.2) is 19.1 Å². The smallest absolute Gasteiger partial charge is 0.136 e. The Morgan fingerprint density at radius 3 is 2.68 bits per heavy atom. The molecule has 2 rings (SSSR count). The van der Waals surface area contributed by atoms with Crippen molar-refractivity contribution < 1.29 is 4.55 Å². The van der Waals surface area contributed by atoms with Crippen LogP contribution in [0.3, 0.4) is 0 Å². The van der Waals surface area contributed by atoms with Gasteiger partial charge in [0.25, 0.3) is 0 Å². The van der Waals surface area contributed by atoms with Crippen molar-refractivity contribution in [3.05, 3.63) is 30.0 Å². The van der Waals surface area contributed by atoms with Gasteiger partial charge in [-0.15, -0.1) is 4.72 Å². The average molecular weight is 279 g/mol. The molecule has 0 saturated heterocycles. The minimum Gasteiger partial charge on any atom is -0.598 e. The molecule has 0 aliphatic rings. The zero-order chi connectivity index (χ0) is 14.2. The molecule has 2 atom stereocenters. The van der Waals surface area contributed by atoms with Gasteiger partial charge in [0, 0.05) is 23.8 Å². The quantitative estimate of drug-likeness (QED) is 0.879. The zero-order valence-corrected chi connectivity index (χ0v) is 12.9. The molecule has 0 spiro atoms. The number of aryl methyl sites for hydroxylation is 1. The van der Waals surface area contributed by atoms with Gasteiger partial charge in [0.1, 0.15) is 4.75 Å². The Bertz CT molecular complexity index is 574. The second-order valence-corrected chi connectivity index (χ2v) is 7.80. The van der Waals surface area contributed by atoms with E-state index in [1.165, 1.54) is 0 Å². The lowest BCUT2D eigenvalue weighted by Crippen LogP contribution is -2.40. The van der Waals surface area contributed by atoms with Crippen LogP contribution in [0.15, 0.2) is 24.4 Å². The van der Waals surface area contributed by atoms with E-state index in [0.717, 1.165) is 16.5 Å². The van der Waals surface area contributed by atoms with Crippen LogP contribution < -0.4 is 4.72 Å². The van der Waals surface area contributed by atoms with Crippen LogP contribution in [0.25, 0.3) is 10.9 Å². The number of benzene rings is 1. The summed E-state index contributed by atoms with van der Waals surface area (Å²) >= 11 is -1.07. The maximum absolute atomic E-state index is 12.1. The molecule has 1 heterocycles. The lowest BCUT2D eigenvalue weighted by atomic mass is 10.1. The lowest BCUT2D eigenvalue weighted by molar-refractivity contribution is 0.531. The third-order valence-corrected chi connectivity index (χ3v) is 4.79. The van der Waals surface area contributed by atoms with E-state index in [2.05, 4.69) is 28.0 Å². The fourth-order valence-electron chi connectivity index (χ4n) is 1.86. The first-order valence-corrected chi connectivity index (χ1v) is 7.54. The van der Waals surface area contributed by atoms with Gasteiger partial charge in [0.2, 0.25) is 0 Å². The topological polar surface area (TPSA) is 52.9 Å². The highest BCUT2D eigenvalue weighted by atomic mass is 32.2. The summed E-state index contributed by atoms with van der Waals surface area (Å²) in [6.45, 7) is 7.93. The van der Waals surface area contributed by atoms with Crippen molar-refractivity contribution in [2.45, 2.75) is 38.5 Å². The van der Waals surface area contributed by atoms with Gasteiger partial charge in [-0.3, -0.25) is 4.68 Å². The summed E-state index contributed by atoms with van der Waals surface area (Å²) in [5, 5.41) is 5.34. The summed E-state index contributed by atoms with van der Waals surface area (Å²) in [6.07, 6.45) is 1.85. The highest BCUT2D eigenvalue weighted by molar-refractivity contribution is 7.90. The van der Waals surface area contributed by atoms with Crippen molar-refractivity contribution in [2.75, 3.05) is 0 Å². The lowest BCUT2D eigenvalue weighted by Gasteiger charge is -2.26. The van der Waals surface area contributed by atoms with Crippen LogP contribution in [-0.2, 0) is 18.4 Å². The average Bonchev–Trinajstić information content (AvgIpc) is 2.69. The van der Waals surface area contributed by atoms with Crippen LogP contribution in [0.5, 0.6) is 0 Å². The van der Waals surface area contributed by atoms with Crippen molar-refractivity contribution in [1.82, 2.24) is 14.5 Å². The number of nitrogens with one attached hydrogen (secondary N) is 1. The molecule has 0 radical (unpaired) electrons. The highest BCUT2D eigenvalue weighted by Crippen LogP contribution is 2.22. The Balaban J connectivity index is 2.19. The largest absolute Gasteiger partial charge is 0.598 e. The van der Waals surface area contributed by atoms with Crippen LogP contribution in [0.4, 0.5) is 0 Å². The summed E-state index contributed by atoms with van der Waals surface area (Å²) in [5.74, 6) is 0. The molecule has 19 heavy (non-hydrogen) atoms. The molecule has 0 aliphatic heterocycles. The van der Waals surface area contributed by atoms with Crippen molar-refractivity contribution in [3.8, 4) is 0 Å². The normalized spacial score (nSPS) is 15.7. The fourth-order valence-corrected chi connectivity index (χ4v) is 2.67. The molecule has 0 bridgehead atoms. The first-order chi connectivity index (χ1) is 8.79. The maximum atomic E-state index is 12.1. The summed E-state index contributed by atoms with van der Waals surface area (Å²) in [4.78, 5) is 0. The van der Waals surface area contributed by atoms with Gasteiger partial charge in [-0.2, -0.15) is 5.10 Å². The van der Waals surface area contributed by atoms with Crippen molar-refractivity contribution in [3.63, 3.8) is 0 Å². The molecule has 1 aromatic heterocycles. The summed E-state index contributed by atoms with van der Waals surface area (Å²) in [5.41, 5.74) is 2.23. The third kappa shape index (κ3) is 3.11. The molecule has 5 heteroatoms. The van der Waals surface area contributed by atoms with Gasteiger partial charge < -0.3 is 4.55 Å². The van der Waals surface area contributed by atoms with Crippen LogP contribution in [0.2, 0.25) is 0 Å². The van der Waals surface area contributed by atoms with E-state index >= 15 is 0 Å². The number of rotatable bonds is 3. The second kappa shape index (κ2) is 5.15. The molecular weight excluding hydrogens is 258 g/mol. The predicted octanol–water partition coefficient (Wildman–Crippen LogP) is 2.69. The van der Waals surface area contributed by atoms with Gasteiger partial charge in [-0.05, 0) is 45.4 Å².